The van der Waals surface area contributed by atoms with Crippen LogP contribution < -0.4 is 10.1 Å². The third-order valence-corrected chi connectivity index (χ3v) is 4.13. The minimum absolute atomic E-state index is 0.312. The number of piperidine rings is 1. The molecule has 1 saturated heterocycles. The standard InChI is InChI=1S/C18H19N3O/c1-2-4-15(5-3-1)21-18-12-17(7-6-14(18)13-20-21)22-16-8-10-19-11-9-16/h1-7,12-13,16,19H,8-11H2. The molecule has 4 heteroatoms. The number of nitrogens with one attached hydrogen (secondary N) is 1. The Morgan fingerprint density at radius 2 is 1.86 bits per heavy atom. The normalized spacial score (nSPS) is 16.0. The van der Waals surface area contributed by atoms with Gasteiger partial charge in [-0.1, -0.05) is 18.2 Å². The highest BCUT2D eigenvalue weighted by Gasteiger charge is 2.15. The van der Waals surface area contributed by atoms with E-state index in [4.69, 9.17) is 4.74 Å². The van der Waals surface area contributed by atoms with E-state index in [-0.39, 0.29) is 0 Å². The molecular weight excluding hydrogens is 274 g/mol. The van der Waals surface area contributed by atoms with E-state index in [0.717, 1.165) is 48.3 Å². The molecule has 0 radical (unpaired) electrons. The predicted molar refractivity (Wildman–Crippen MR) is 87.6 cm³/mol. The number of para-hydroxylation sites is 1. The summed E-state index contributed by atoms with van der Waals surface area (Å²) in [5.41, 5.74) is 2.15. The van der Waals surface area contributed by atoms with Crippen molar-refractivity contribution in [2.24, 2.45) is 0 Å². The van der Waals surface area contributed by atoms with Gasteiger partial charge in [0, 0.05) is 11.5 Å². The molecule has 2 aromatic carbocycles. The van der Waals surface area contributed by atoms with E-state index in [0.29, 0.717) is 6.10 Å². The lowest BCUT2D eigenvalue weighted by Crippen LogP contribution is -2.34. The molecule has 1 aromatic heterocycles. The molecular formula is C18H19N3O. The van der Waals surface area contributed by atoms with Crippen LogP contribution in [0, 0.1) is 0 Å². The summed E-state index contributed by atoms with van der Waals surface area (Å²) in [5.74, 6) is 0.928. The second-order valence-corrected chi connectivity index (χ2v) is 5.68. The first-order valence-electron chi connectivity index (χ1n) is 7.81. The molecule has 0 unspecified atom stereocenters. The van der Waals surface area contributed by atoms with Gasteiger partial charge in [0.05, 0.1) is 17.4 Å². The van der Waals surface area contributed by atoms with Crippen molar-refractivity contribution in [1.29, 1.82) is 0 Å². The van der Waals surface area contributed by atoms with Crippen LogP contribution >= 0.6 is 0 Å². The highest BCUT2D eigenvalue weighted by Crippen LogP contribution is 2.25. The fourth-order valence-corrected chi connectivity index (χ4v) is 2.95. The lowest BCUT2D eigenvalue weighted by atomic mass is 10.1. The minimum Gasteiger partial charge on any atom is -0.490 e. The zero-order valence-corrected chi connectivity index (χ0v) is 12.4. The Morgan fingerprint density at radius 1 is 1.05 bits per heavy atom. The first-order valence-corrected chi connectivity index (χ1v) is 7.81. The van der Waals surface area contributed by atoms with Crippen molar-refractivity contribution in [3.63, 3.8) is 0 Å². The third-order valence-electron chi connectivity index (χ3n) is 4.13. The van der Waals surface area contributed by atoms with Gasteiger partial charge in [0.1, 0.15) is 11.9 Å². The number of benzene rings is 2. The summed E-state index contributed by atoms with van der Waals surface area (Å²) in [6.45, 7) is 2.07. The molecule has 0 spiro atoms. The van der Waals surface area contributed by atoms with Crippen molar-refractivity contribution in [2.75, 3.05) is 13.1 Å². The lowest BCUT2D eigenvalue weighted by Gasteiger charge is -2.23. The van der Waals surface area contributed by atoms with Gasteiger partial charge in [0.15, 0.2) is 0 Å². The van der Waals surface area contributed by atoms with E-state index in [1.807, 2.05) is 35.1 Å². The van der Waals surface area contributed by atoms with Crippen LogP contribution in [-0.2, 0) is 0 Å². The molecule has 1 fully saturated rings. The summed E-state index contributed by atoms with van der Waals surface area (Å²) in [4.78, 5) is 0. The van der Waals surface area contributed by atoms with Crippen molar-refractivity contribution >= 4 is 10.9 Å². The molecule has 4 nitrogen and oxygen atoms in total. The maximum Gasteiger partial charge on any atom is 0.121 e. The van der Waals surface area contributed by atoms with Gasteiger partial charge in [-0.05, 0) is 50.2 Å². The highest BCUT2D eigenvalue weighted by molar-refractivity contribution is 5.81. The van der Waals surface area contributed by atoms with Gasteiger partial charge in [-0.3, -0.25) is 0 Å². The largest absolute Gasteiger partial charge is 0.490 e. The van der Waals surface area contributed by atoms with E-state index < -0.39 is 0 Å². The zero-order valence-electron chi connectivity index (χ0n) is 12.4. The van der Waals surface area contributed by atoms with Crippen LogP contribution in [0.5, 0.6) is 5.75 Å². The number of hydrogen-bond acceptors (Lipinski definition) is 3. The fraction of sp³-hybridized carbons (Fsp3) is 0.278. The molecule has 1 aliphatic rings. The van der Waals surface area contributed by atoms with E-state index >= 15 is 0 Å². The number of ether oxygens (including phenoxy) is 1. The number of hydrogen-bond donors (Lipinski definition) is 1. The van der Waals surface area contributed by atoms with Gasteiger partial charge in [0.25, 0.3) is 0 Å². The molecule has 4 rings (SSSR count). The van der Waals surface area contributed by atoms with Gasteiger partial charge in [-0.2, -0.15) is 5.10 Å². The SMILES string of the molecule is c1ccc(-n2ncc3ccc(OC4CCNCC4)cc32)cc1. The van der Waals surface area contributed by atoms with Crippen molar-refractivity contribution in [2.45, 2.75) is 18.9 Å². The van der Waals surface area contributed by atoms with Crippen LogP contribution in [0.2, 0.25) is 0 Å². The first kappa shape index (κ1) is 13.3. The van der Waals surface area contributed by atoms with Crippen molar-refractivity contribution < 1.29 is 4.74 Å². The molecule has 3 aromatic rings. The van der Waals surface area contributed by atoms with Crippen molar-refractivity contribution in [3.8, 4) is 11.4 Å². The summed E-state index contributed by atoms with van der Waals surface area (Å²) >= 11 is 0. The van der Waals surface area contributed by atoms with E-state index in [2.05, 4.69) is 34.7 Å². The van der Waals surface area contributed by atoms with Gasteiger partial charge >= 0.3 is 0 Å². The topological polar surface area (TPSA) is 39.1 Å². The molecule has 112 valence electrons. The molecule has 0 bridgehead atoms. The average molecular weight is 293 g/mol. The number of nitrogens with zero attached hydrogens (tertiary/aromatic N) is 2. The van der Waals surface area contributed by atoms with Crippen molar-refractivity contribution in [3.05, 3.63) is 54.7 Å². The summed E-state index contributed by atoms with van der Waals surface area (Å²) in [7, 11) is 0. The Labute approximate surface area is 129 Å². The Morgan fingerprint density at radius 3 is 2.68 bits per heavy atom. The second kappa shape index (κ2) is 5.81. The second-order valence-electron chi connectivity index (χ2n) is 5.68. The van der Waals surface area contributed by atoms with Crippen LogP contribution in [0.25, 0.3) is 16.6 Å². The summed E-state index contributed by atoms with van der Waals surface area (Å²) < 4.78 is 8.11. The maximum absolute atomic E-state index is 6.14. The van der Waals surface area contributed by atoms with Gasteiger partial charge in [-0.15, -0.1) is 0 Å². The maximum atomic E-state index is 6.14. The highest BCUT2D eigenvalue weighted by atomic mass is 16.5. The van der Waals surface area contributed by atoms with Crippen LogP contribution in [0.1, 0.15) is 12.8 Å². The summed E-state index contributed by atoms with van der Waals surface area (Å²) in [6.07, 6.45) is 4.34. The monoisotopic (exact) mass is 293 g/mol. The van der Waals surface area contributed by atoms with Gasteiger partial charge in [0.2, 0.25) is 0 Å². The van der Waals surface area contributed by atoms with Gasteiger partial charge < -0.3 is 10.1 Å². The van der Waals surface area contributed by atoms with E-state index in [9.17, 15) is 0 Å². The summed E-state index contributed by atoms with van der Waals surface area (Å²) in [6, 6.07) is 16.4. The van der Waals surface area contributed by atoms with Crippen LogP contribution in [0.3, 0.4) is 0 Å². The number of aromatic nitrogens is 2. The number of fused-ring (bicyclic) bond motifs is 1. The first-order chi connectivity index (χ1) is 10.9. The van der Waals surface area contributed by atoms with Crippen molar-refractivity contribution in [1.82, 2.24) is 15.1 Å². The smallest absolute Gasteiger partial charge is 0.121 e. The Kier molecular flexibility index (Phi) is 3.52. The minimum atomic E-state index is 0.312. The molecule has 2 heterocycles. The summed E-state index contributed by atoms with van der Waals surface area (Å²) in [5, 5.41) is 8.99. The van der Waals surface area contributed by atoms with Crippen LogP contribution in [0.15, 0.2) is 54.7 Å². The quantitative estimate of drug-likeness (QED) is 0.806. The molecule has 0 amide bonds. The van der Waals surface area contributed by atoms with Gasteiger partial charge in [-0.25, -0.2) is 4.68 Å². The predicted octanol–water partition coefficient (Wildman–Crippen LogP) is 3.16. The zero-order chi connectivity index (χ0) is 14.8. The average Bonchev–Trinajstić information content (AvgIpc) is 3.00. The Bertz CT molecular complexity index is 760. The fourth-order valence-electron chi connectivity index (χ4n) is 2.95. The number of rotatable bonds is 3. The molecule has 0 atom stereocenters. The lowest BCUT2D eigenvalue weighted by molar-refractivity contribution is 0.162. The Balaban J connectivity index is 1.67. The van der Waals surface area contributed by atoms with Crippen LogP contribution in [0.4, 0.5) is 0 Å². The Hall–Kier alpha value is -2.33. The molecule has 1 N–H and O–H groups in total. The van der Waals surface area contributed by atoms with E-state index in [1.54, 1.807) is 0 Å². The molecule has 0 aliphatic carbocycles. The van der Waals surface area contributed by atoms with Crippen LogP contribution in [-0.4, -0.2) is 29.0 Å². The third kappa shape index (κ3) is 2.57. The molecule has 0 saturated carbocycles. The van der Waals surface area contributed by atoms with E-state index in [1.165, 1.54) is 0 Å². The molecule has 22 heavy (non-hydrogen) atoms. The molecule has 1 aliphatic heterocycles.